The fourth-order valence-corrected chi connectivity index (χ4v) is 2.24. The molecule has 0 saturated carbocycles. The fraction of sp³-hybridized carbons (Fsp3) is 0.562. The van der Waals surface area contributed by atoms with Crippen molar-refractivity contribution in [3.8, 4) is 0 Å². The molecule has 2 heteroatoms. The smallest absolute Gasteiger partial charge is 0.224 e. The van der Waals surface area contributed by atoms with E-state index in [2.05, 4.69) is 25.2 Å². The van der Waals surface area contributed by atoms with Gasteiger partial charge in [-0.3, -0.25) is 4.79 Å². The molecule has 0 bridgehead atoms. The molecule has 2 nitrogen and oxygen atoms in total. The zero-order valence-electron chi connectivity index (χ0n) is 11.9. The first-order valence-corrected chi connectivity index (χ1v) is 7.13. The average molecular weight is 247 g/mol. The summed E-state index contributed by atoms with van der Waals surface area (Å²) >= 11 is 0. The van der Waals surface area contributed by atoms with Gasteiger partial charge in [0, 0.05) is 12.1 Å². The minimum absolute atomic E-state index is 0.128. The number of carbonyl (C=O) groups is 1. The highest BCUT2D eigenvalue weighted by molar-refractivity contribution is 5.91. The Morgan fingerprint density at radius 2 is 1.78 bits per heavy atom. The molecule has 1 aromatic carbocycles. The number of rotatable bonds is 7. The minimum Gasteiger partial charge on any atom is -0.326 e. The van der Waals surface area contributed by atoms with Gasteiger partial charge in [-0.15, -0.1) is 0 Å². The standard InChI is InChI=1S/C16H25NO/c1-4-8-13-11-7-12-15(14(13)9-5-2)17-16(18)10-6-3/h7,11-12H,4-6,8-10H2,1-3H3,(H,17,18). The summed E-state index contributed by atoms with van der Waals surface area (Å²) in [5, 5.41) is 3.06. The first-order valence-electron chi connectivity index (χ1n) is 7.13. The van der Waals surface area contributed by atoms with Gasteiger partial charge in [0.2, 0.25) is 5.91 Å². The van der Waals surface area contributed by atoms with Crippen LogP contribution >= 0.6 is 0 Å². The van der Waals surface area contributed by atoms with Crippen molar-refractivity contribution in [1.29, 1.82) is 0 Å². The lowest BCUT2D eigenvalue weighted by Crippen LogP contribution is -2.13. The predicted octanol–water partition coefficient (Wildman–Crippen LogP) is 4.33. The summed E-state index contributed by atoms with van der Waals surface area (Å²) in [4.78, 5) is 11.7. The van der Waals surface area contributed by atoms with Crippen molar-refractivity contribution in [1.82, 2.24) is 0 Å². The van der Waals surface area contributed by atoms with Crippen LogP contribution in [0.2, 0.25) is 0 Å². The van der Waals surface area contributed by atoms with E-state index in [9.17, 15) is 4.79 Å². The van der Waals surface area contributed by atoms with Crippen molar-refractivity contribution in [2.24, 2.45) is 0 Å². The Labute approximate surface area is 111 Å². The van der Waals surface area contributed by atoms with Crippen molar-refractivity contribution in [2.45, 2.75) is 59.3 Å². The van der Waals surface area contributed by atoms with Crippen molar-refractivity contribution < 1.29 is 4.79 Å². The minimum atomic E-state index is 0.128. The zero-order valence-corrected chi connectivity index (χ0v) is 11.9. The quantitative estimate of drug-likeness (QED) is 0.763. The number of benzene rings is 1. The van der Waals surface area contributed by atoms with Gasteiger partial charge in [0.05, 0.1) is 0 Å². The molecular formula is C16H25NO. The zero-order chi connectivity index (χ0) is 13.4. The number of aryl methyl sites for hydroxylation is 1. The van der Waals surface area contributed by atoms with E-state index in [1.165, 1.54) is 11.1 Å². The van der Waals surface area contributed by atoms with Crippen LogP contribution in [0.4, 0.5) is 5.69 Å². The molecule has 100 valence electrons. The average Bonchev–Trinajstić information content (AvgIpc) is 2.34. The Morgan fingerprint density at radius 3 is 2.39 bits per heavy atom. The third kappa shape index (κ3) is 4.17. The Balaban J connectivity index is 2.94. The van der Waals surface area contributed by atoms with Gasteiger partial charge >= 0.3 is 0 Å². The number of hydrogen-bond donors (Lipinski definition) is 1. The lowest BCUT2D eigenvalue weighted by molar-refractivity contribution is -0.116. The molecule has 0 saturated heterocycles. The van der Waals surface area contributed by atoms with Crippen LogP contribution in [0.5, 0.6) is 0 Å². The Kier molecular flexibility index (Phi) is 6.48. The summed E-state index contributed by atoms with van der Waals surface area (Å²) in [5.41, 5.74) is 3.72. The van der Waals surface area contributed by atoms with Crippen LogP contribution < -0.4 is 5.32 Å². The molecule has 18 heavy (non-hydrogen) atoms. The SMILES string of the molecule is CCCC(=O)Nc1cccc(CCC)c1CCC. The maximum Gasteiger partial charge on any atom is 0.224 e. The van der Waals surface area contributed by atoms with Crippen LogP contribution in [0, 0.1) is 0 Å². The van der Waals surface area contributed by atoms with Gasteiger partial charge in [-0.2, -0.15) is 0 Å². The first kappa shape index (κ1) is 14.7. The van der Waals surface area contributed by atoms with Crippen LogP contribution in [0.1, 0.15) is 57.6 Å². The van der Waals surface area contributed by atoms with Gasteiger partial charge in [0.15, 0.2) is 0 Å². The van der Waals surface area contributed by atoms with Gasteiger partial charge < -0.3 is 5.32 Å². The molecule has 1 amide bonds. The monoisotopic (exact) mass is 247 g/mol. The van der Waals surface area contributed by atoms with E-state index in [4.69, 9.17) is 0 Å². The highest BCUT2D eigenvalue weighted by Crippen LogP contribution is 2.23. The molecule has 0 spiro atoms. The van der Waals surface area contributed by atoms with Crippen LogP contribution in [-0.2, 0) is 17.6 Å². The molecule has 0 aromatic heterocycles. The van der Waals surface area contributed by atoms with E-state index in [1.807, 2.05) is 19.1 Å². The molecule has 0 aliphatic heterocycles. The summed E-state index contributed by atoms with van der Waals surface area (Å²) in [7, 11) is 0. The summed E-state index contributed by atoms with van der Waals surface area (Å²) < 4.78 is 0. The molecule has 1 rings (SSSR count). The third-order valence-electron chi connectivity index (χ3n) is 3.04. The summed E-state index contributed by atoms with van der Waals surface area (Å²) in [6, 6.07) is 6.26. The van der Waals surface area contributed by atoms with Crippen LogP contribution in [-0.4, -0.2) is 5.91 Å². The van der Waals surface area contributed by atoms with Crippen LogP contribution in [0.3, 0.4) is 0 Å². The second-order valence-corrected chi connectivity index (χ2v) is 4.74. The van der Waals surface area contributed by atoms with E-state index < -0.39 is 0 Å². The number of anilines is 1. The molecule has 1 aromatic rings. The van der Waals surface area contributed by atoms with Gasteiger partial charge in [-0.25, -0.2) is 0 Å². The second kappa shape index (κ2) is 7.91. The summed E-state index contributed by atoms with van der Waals surface area (Å²) in [6.45, 7) is 6.40. The van der Waals surface area contributed by atoms with E-state index in [0.29, 0.717) is 6.42 Å². The fourth-order valence-electron chi connectivity index (χ4n) is 2.24. The maximum absolute atomic E-state index is 11.7. The number of hydrogen-bond acceptors (Lipinski definition) is 1. The Hall–Kier alpha value is -1.31. The lowest BCUT2D eigenvalue weighted by Gasteiger charge is -2.15. The molecule has 0 atom stereocenters. The Bertz CT molecular complexity index is 385. The molecule has 0 radical (unpaired) electrons. The lowest BCUT2D eigenvalue weighted by atomic mass is 9.97. The van der Waals surface area contributed by atoms with E-state index in [0.717, 1.165) is 37.8 Å². The third-order valence-corrected chi connectivity index (χ3v) is 3.04. The van der Waals surface area contributed by atoms with Crippen molar-refractivity contribution >= 4 is 11.6 Å². The number of nitrogens with one attached hydrogen (secondary N) is 1. The first-order chi connectivity index (χ1) is 8.72. The highest BCUT2D eigenvalue weighted by Gasteiger charge is 2.09. The van der Waals surface area contributed by atoms with Gasteiger partial charge in [-0.1, -0.05) is 45.7 Å². The van der Waals surface area contributed by atoms with Crippen molar-refractivity contribution in [3.63, 3.8) is 0 Å². The van der Waals surface area contributed by atoms with Crippen LogP contribution in [0.25, 0.3) is 0 Å². The van der Waals surface area contributed by atoms with E-state index in [-0.39, 0.29) is 5.91 Å². The van der Waals surface area contributed by atoms with Crippen LogP contribution in [0.15, 0.2) is 18.2 Å². The van der Waals surface area contributed by atoms with Gasteiger partial charge in [0.1, 0.15) is 0 Å². The predicted molar refractivity (Wildman–Crippen MR) is 78.0 cm³/mol. The summed E-state index contributed by atoms with van der Waals surface area (Å²) in [6.07, 6.45) is 5.87. The molecule has 0 fully saturated rings. The van der Waals surface area contributed by atoms with E-state index in [1.54, 1.807) is 0 Å². The van der Waals surface area contributed by atoms with Gasteiger partial charge in [0.25, 0.3) is 0 Å². The normalized spacial score (nSPS) is 10.4. The van der Waals surface area contributed by atoms with Crippen molar-refractivity contribution in [2.75, 3.05) is 5.32 Å². The molecule has 0 unspecified atom stereocenters. The largest absolute Gasteiger partial charge is 0.326 e. The van der Waals surface area contributed by atoms with E-state index >= 15 is 0 Å². The van der Waals surface area contributed by atoms with Crippen molar-refractivity contribution in [3.05, 3.63) is 29.3 Å². The maximum atomic E-state index is 11.7. The molecule has 1 N–H and O–H groups in total. The van der Waals surface area contributed by atoms with Gasteiger partial charge in [-0.05, 0) is 36.5 Å². The molecule has 0 aliphatic carbocycles. The summed E-state index contributed by atoms with van der Waals surface area (Å²) in [5.74, 6) is 0.128. The number of amides is 1. The number of carbonyl (C=O) groups excluding carboxylic acids is 1. The molecule has 0 heterocycles. The molecule has 0 aliphatic rings. The topological polar surface area (TPSA) is 29.1 Å². The molecular weight excluding hydrogens is 222 g/mol. The highest BCUT2D eigenvalue weighted by atomic mass is 16.1. The Morgan fingerprint density at radius 1 is 1.06 bits per heavy atom. The second-order valence-electron chi connectivity index (χ2n) is 4.74.